The predicted molar refractivity (Wildman–Crippen MR) is 117 cm³/mol. The van der Waals surface area contributed by atoms with E-state index in [1.165, 1.54) is 0 Å². The average molecular weight is 406 g/mol. The zero-order valence-corrected chi connectivity index (χ0v) is 17.4. The normalized spacial score (nSPS) is 18.1. The van der Waals surface area contributed by atoms with Crippen molar-refractivity contribution in [2.24, 2.45) is 0 Å². The van der Waals surface area contributed by atoms with Crippen LogP contribution in [0.15, 0.2) is 40.8 Å². The largest absolute Gasteiger partial charge is 0.493 e. The quantitative estimate of drug-likeness (QED) is 0.699. The molecule has 3 aromatic rings. The van der Waals surface area contributed by atoms with Gasteiger partial charge in [0.25, 0.3) is 11.9 Å². The highest BCUT2D eigenvalue weighted by Crippen LogP contribution is 2.30. The molecule has 1 N–H and O–H groups in total. The maximum Gasteiger partial charge on any atom is 0.298 e. The summed E-state index contributed by atoms with van der Waals surface area (Å²) in [6.07, 6.45) is 3.13. The van der Waals surface area contributed by atoms with Gasteiger partial charge in [-0.3, -0.25) is 4.79 Å². The Morgan fingerprint density at radius 1 is 1.27 bits per heavy atom. The predicted octanol–water partition coefficient (Wildman–Crippen LogP) is 3.55. The summed E-state index contributed by atoms with van der Waals surface area (Å²) in [5, 5.41) is 2.97. The van der Waals surface area contributed by atoms with Crippen LogP contribution >= 0.6 is 0 Å². The molecule has 1 amide bonds. The molecule has 0 saturated carbocycles. The van der Waals surface area contributed by atoms with E-state index in [0.29, 0.717) is 29.9 Å². The molecule has 0 spiro atoms. The van der Waals surface area contributed by atoms with Gasteiger partial charge in [-0.25, -0.2) is 0 Å². The summed E-state index contributed by atoms with van der Waals surface area (Å²) in [6, 6.07) is 12.2. The van der Waals surface area contributed by atoms with Gasteiger partial charge in [-0.15, -0.1) is 0 Å². The van der Waals surface area contributed by atoms with Gasteiger partial charge < -0.3 is 24.3 Å². The van der Waals surface area contributed by atoms with Crippen LogP contribution in [0, 0.1) is 0 Å². The topological polar surface area (TPSA) is 70.8 Å². The van der Waals surface area contributed by atoms with Crippen LogP contribution in [0.1, 0.15) is 28.8 Å². The van der Waals surface area contributed by atoms with Gasteiger partial charge in [0.05, 0.1) is 6.61 Å². The maximum atomic E-state index is 12.7. The van der Waals surface area contributed by atoms with Gasteiger partial charge in [0, 0.05) is 36.8 Å². The Bertz CT molecular complexity index is 1090. The van der Waals surface area contributed by atoms with Crippen molar-refractivity contribution < 1.29 is 13.9 Å². The van der Waals surface area contributed by atoms with Crippen molar-refractivity contribution in [2.45, 2.75) is 25.3 Å². The van der Waals surface area contributed by atoms with Gasteiger partial charge in [-0.05, 0) is 68.9 Å². The maximum absolute atomic E-state index is 12.7. The van der Waals surface area contributed by atoms with E-state index < -0.39 is 0 Å². The third-order valence-corrected chi connectivity index (χ3v) is 5.78. The zero-order valence-electron chi connectivity index (χ0n) is 17.4. The van der Waals surface area contributed by atoms with Gasteiger partial charge in [0.2, 0.25) is 0 Å². The van der Waals surface area contributed by atoms with Crippen LogP contribution in [0.5, 0.6) is 5.75 Å². The first kappa shape index (κ1) is 18.9. The molecule has 2 aliphatic heterocycles. The standard InChI is InChI=1S/C23H26N4O3/c1-26(2)14-18-4-3-10-27(18)23-25-19-13-17(6-8-21(19)30-23)24-22(28)16-5-7-20-15(12-16)9-11-29-20/h5-8,12-13,18H,3-4,9-11,14H2,1-2H3,(H,24,28). The molecule has 1 fully saturated rings. The number of rotatable bonds is 5. The number of fused-ring (bicyclic) bond motifs is 2. The van der Waals surface area contributed by atoms with Gasteiger partial charge in [-0.2, -0.15) is 4.98 Å². The van der Waals surface area contributed by atoms with Crippen molar-refractivity contribution in [3.8, 4) is 5.75 Å². The highest BCUT2D eigenvalue weighted by molar-refractivity contribution is 6.05. The molecule has 7 heteroatoms. The highest BCUT2D eigenvalue weighted by Gasteiger charge is 2.28. The van der Waals surface area contributed by atoms with E-state index in [-0.39, 0.29) is 5.91 Å². The van der Waals surface area contributed by atoms with Crippen LogP contribution in [0.25, 0.3) is 11.1 Å². The monoisotopic (exact) mass is 406 g/mol. The Labute approximate surface area is 175 Å². The van der Waals surface area contributed by atoms with Crippen molar-refractivity contribution in [2.75, 3.05) is 44.0 Å². The van der Waals surface area contributed by atoms with E-state index in [1.54, 1.807) is 6.07 Å². The summed E-state index contributed by atoms with van der Waals surface area (Å²) < 4.78 is 11.5. The molecule has 1 aromatic heterocycles. The number of carbonyl (C=O) groups excluding carboxylic acids is 1. The minimum absolute atomic E-state index is 0.140. The van der Waals surface area contributed by atoms with Crippen LogP contribution in [0.3, 0.4) is 0 Å². The third-order valence-electron chi connectivity index (χ3n) is 5.78. The number of aromatic nitrogens is 1. The Hall–Kier alpha value is -3.06. The molecule has 5 rings (SSSR count). The van der Waals surface area contributed by atoms with Gasteiger partial charge in [-0.1, -0.05) is 0 Å². The van der Waals surface area contributed by atoms with Crippen LogP contribution in [-0.2, 0) is 6.42 Å². The fourth-order valence-electron chi connectivity index (χ4n) is 4.35. The molecule has 30 heavy (non-hydrogen) atoms. The lowest BCUT2D eigenvalue weighted by molar-refractivity contribution is 0.102. The zero-order chi connectivity index (χ0) is 20.7. The minimum Gasteiger partial charge on any atom is -0.493 e. The van der Waals surface area contributed by atoms with Gasteiger partial charge in [0.15, 0.2) is 5.58 Å². The second-order valence-corrected chi connectivity index (χ2v) is 8.31. The van der Waals surface area contributed by atoms with Crippen LogP contribution in [-0.4, -0.2) is 55.6 Å². The fourth-order valence-corrected chi connectivity index (χ4v) is 4.35. The molecule has 0 aliphatic carbocycles. The third kappa shape index (κ3) is 3.61. The Kier molecular flexibility index (Phi) is 4.83. The number of carbonyl (C=O) groups is 1. The number of benzene rings is 2. The molecule has 156 valence electrons. The molecule has 7 nitrogen and oxygen atoms in total. The SMILES string of the molecule is CN(C)CC1CCCN1c1nc2cc(NC(=O)c3ccc4c(c3)CCO4)ccc2o1. The Morgan fingerprint density at radius 2 is 2.17 bits per heavy atom. The van der Waals surface area contributed by atoms with Crippen LogP contribution in [0.2, 0.25) is 0 Å². The highest BCUT2D eigenvalue weighted by atomic mass is 16.5. The minimum atomic E-state index is -0.140. The second kappa shape index (κ2) is 7.65. The van der Waals surface area contributed by atoms with Crippen molar-refractivity contribution in [3.63, 3.8) is 0 Å². The van der Waals surface area contributed by atoms with Crippen molar-refractivity contribution >= 4 is 28.7 Å². The molecule has 1 unspecified atom stereocenters. The van der Waals surface area contributed by atoms with E-state index in [0.717, 1.165) is 54.8 Å². The smallest absolute Gasteiger partial charge is 0.298 e. The van der Waals surface area contributed by atoms with Crippen molar-refractivity contribution in [1.82, 2.24) is 9.88 Å². The number of likely N-dealkylation sites (N-methyl/N-ethyl adjacent to an activating group) is 1. The number of anilines is 2. The van der Waals surface area contributed by atoms with E-state index >= 15 is 0 Å². The van der Waals surface area contributed by atoms with Crippen LogP contribution in [0.4, 0.5) is 11.7 Å². The van der Waals surface area contributed by atoms with E-state index in [4.69, 9.17) is 14.1 Å². The van der Waals surface area contributed by atoms with Gasteiger partial charge in [0.1, 0.15) is 11.3 Å². The van der Waals surface area contributed by atoms with Gasteiger partial charge >= 0.3 is 0 Å². The lowest BCUT2D eigenvalue weighted by Gasteiger charge is -2.25. The number of hydrogen-bond acceptors (Lipinski definition) is 6. The van der Waals surface area contributed by atoms with E-state index in [2.05, 4.69) is 29.2 Å². The number of nitrogens with zero attached hydrogens (tertiary/aromatic N) is 3. The number of amides is 1. The number of ether oxygens (including phenoxy) is 1. The number of nitrogens with one attached hydrogen (secondary N) is 1. The van der Waals surface area contributed by atoms with E-state index in [1.807, 2.05) is 30.3 Å². The lowest BCUT2D eigenvalue weighted by atomic mass is 10.1. The summed E-state index contributed by atoms with van der Waals surface area (Å²) >= 11 is 0. The number of oxazole rings is 1. The lowest BCUT2D eigenvalue weighted by Crippen LogP contribution is -2.37. The Balaban J connectivity index is 1.34. The molecule has 1 atom stereocenters. The molecule has 0 bridgehead atoms. The summed E-state index contributed by atoms with van der Waals surface area (Å²) in [4.78, 5) is 21.9. The average Bonchev–Trinajstić information content (AvgIpc) is 3.45. The first-order chi connectivity index (χ1) is 14.6. The molecular weight excluding hydrogens is 380 g/mol. The number of hydrogen-bond donors (Lipinski definition) is 1. The second-order valence-electron chi connectivity index (χ2n) is 8.31. The summed E-state index contributed by atoms with van der Waals surface area (Å²) in [7, 11) is 4.18. The summed E-state index contributed by atoms with van der Waals surface area (Å²) in [5.41, 5.74) is 3.89. The first-order valence-corrected chi connectivity index (χ1v) is 10.5. The van der Waals surface area contributed by atoms with E-state index in [9.17, 15) is 4.79 Å². The molecule has 0 radical (unpaired) electrons. The van der Waals surface area contributed by atoms with Crippen LogP contribution < -0.4 is 15.0 Å². The molecule has 2 aliphatic rings. The molecule has 3 heterocycles. The van der Waals surface area contributed by atoms with Crippen molar-refractivity contribution in [3.05, 3.63) is 47.5 Å². The van der Waals surface area contributed by atoms with Crippen molar-refractivity contribution in [1.29, 1.82) is 0 Å². The fraction of sp³-hybridized carbons (Fsp3) is 0.391. The molecule has 1 saturated heterocycles. The Morgan fingerprint density at radius 3 is 3.03 bits per heavy atom. The molecule has 2 aromatic carbocycles. The molecular formula is C23H26N4O3. The first-order valence-electron chi connectivity index (χ1n) is 10.5. The summed E-state index contributed by atoms with van der Waals surface area (Å²) in [5.74, 6) is 0.732. The summed E-state index contributed by atoms with van der Waals surface area (Å²) in [6.45, 7) is 2.61.